The van der Waals surface area contributed by atoms with Crippen LogP contribution in [-0.2, 0) is 0 Å². The van der Waals surface area contributed by atoms with Gasteiger partial charge in [-0.2, -0.15) is 25.5 Å². The summed E-state index contributed by atoms with van der Waals surface area (Å²) in [5, 5.41) is 18.2. The first kappa shape index (κ1) is 11.5. The van der Waals surface area contributed by atoms with Crippen LogP contribution in [0.1, 0.15) is 19.3 Å². The molecule has 15 heavy (non-hydrogen) atoms. The molecule has 6 nitrogen and oxygen atoms in total. The number of hydrogen-bond donors (Lipinski definition) is 1. The zero-order valence-electron chi connectivity index (χ0n) is 8.71. The van der Waals surface area contributed by atoms with Gasteiger partial charge in [-0.1, -0.05) is 0 Å². The molecule has 0 amide bonds. The summed E-state index contributed by atoms with van der Waals surface area (Å²) in [6, 6.07) is 0. The molecule has 0 saturated carbocycles. The van der Waals surface area contributed by atoms with Gasteiger partial charge in [-0.25, -0.2) is 0 Å². The lowest BCUT2D eigenvalue weighted by Gasteiger charge is -1.76. The van der Waals surface area contributed by atoms with E-state index in [1.165, 1.54) is 6.42 Å². The fraction of sp³-hybridized carbons (Fsp3) is 0.667. The van der Waals surface area contributed by atoms with Gasteiger partial charge in [0.2, 0.25) is 0 Å². The van der Waals surface area contributed by atoms with E-state index in [1.54, 1.807) is 12.4 Å². The zero-order valence-corrected chi connectivity index (χ0v) is 8.71. The molecule has 3 heterocycles. The van der Waals surface area contributed by atoms with Gasteiger partial charge in [0.25, 0.3) is 0 Å². The first-order valence-electron chi connectivity index (χ1n) is 5.11. The van der Waals surface area contributed by atoms with Crippen molar-refractivity contribution in [1.29, 1.82) is 0 Å². The van der Waals surface area contributed by atoms with E-state index in [4.69, 9.17) is 0 Å². The molecular weight excluding hydrogens is 192 g/mol. The van der Waals surface area contributed by atoms with E-state index >= 15 is 0 Å². The van der Waals surface area contributed by atoms with Crippen LogP contribution in [0, 0.1) is 0 Å². The molecule has 3 rings (SSSR count). The summed E-state index contributed by atoms with van der Waals surface area (Å²) >= 11 is 0. The van der Waals surface area contributed by atoms with Gasteiger partial charge < -0.3 is 5.43 Å². The summed E-state index contributed by atoms with van der Waals surface area (Å²) in [6.07, 6.45) is 8.58. The Hall–Kier alpha value is -1.59. The Kier molecular flexibility index (Phi) is 6.88. The summed E-state index contributed by atoms with van der Waals surface area (Å²) in [5.74, 6) is 0. The minimum atomic E-state index is 0.917. The van der Waals surface area contributed by atoms with Crippen molar-refractivity contribution in [2.24, 2.45) is 25.5 Å². The molecular formula is C9H16N6. The molecule has 6 heteroatoms. The van der Waals surface area contributed by atoms with Gasteiger partial charge in [-0.3, -0.25) is 0 Å². The van der Waals surface area contributed by atoms with Gasteiger partial charge in [0.1, 0.15) is 0 Å². The largest absolute Gasteiger partial charge is 0.310 e. The predicted octanol–water partition coefficient (Wildman–Crippen LogP) is 1.25. The van der Waals surface area contributed by atoms with Crippen LogP contribution in [-0.4, -0.2) is 38.3 Å². The Morgan fingerprint density at radius 2 is 1.67 bits per heavy atom. The van der Waals surface area contributed by atoms with E-state index in [0.29, 0.717) is 0 Å². The van der Waals surface area contributed by atoms with Crippen LogP contribution in [0.4, 0.5) is 0 Å². The van der Waals surface area contributed by atoms with Gasteiger partial charge in [0.05, 0.1) is 13.1 Å². The van der Waals surface area contributed by atoms with E-state index in [0.717, 1.165) is 32.5 Å². The molecule has 3 aliphatic rings. The lowest BCUT2D eigenvalue weighted by atomic mass is 10.5. The van der Waals surface area contributed by atoms with Crippen molar-refractivity contribution in [2.75, 3.05) is 19.6 Å². The molecule has 0 aromatic carbocycles. The molecule has 0 aromatic heterocycles. The van der Waals surface area contributed by atoms with Crippen molar-refractivity contribution in [2.45, 2.75) is 19.3 Å². The molecule has 0 aliphatic carbocycles. The number of nitrogens with zero attached hydrogens (tertiary/aromatic N) is 5. The van der Waals surface area contributed by atoms with E-state index in [9.17, 15) is 0 Å². The van der Waals surface area contributed by atoms with Gasteiger partial charge in [0.15, 0.2) is 0 Å². The first-order chi connectivity index (χ1) is 7.50. The lowest BCUT2D eigenvalue weighted by Crippen LogP contribution is -1.96. The lowest BCUT2D eigenvalue weighted by molar-refractivity contribution is 0.813. The van der Waals surface area contributed by atoms with Gasteiger partial charge >= 0.3 is 0 Å². The van der Waals surface area contributed by atoms with Crippen molar-refractivity contribution in [1.82, 2.24) is 5.43 Å². The normalized spacial score (nSPS) is 19.2. The van der Waals surface area contributed by atoms with Crippen LogP contribution in [0.3, 0.4) is 0 Å². The van der Waals surface area contributed by atoms with Crippen LogP contribution in [0.15, 0.2) is 25.5 Å². The van der Waals surface area contributed by atoms with E-state index in [2.05, 4.69) is 31.0 Å². The summed E-state index contributed by atoms with van der Waals surface area (Å²) < 4.78 is 0. The Balaban J connectivity index is 0.000000112. The molecule has 3 aliphatic heterocycles. The summed E-state index contributed by atoms with van der Waals surface area (Å²) in [7, 11) is 0. The summed E-state index contributed by atoms with van der Waals surface area (Å²) in [6.45, 7) is 2.94. The summed E-state index contributed by atoms with van der Waals surface area (Å²) in [5.41, 5.74) is 2.79. The van der Waals surface area contributed by atoms with Crippen LogP contribution < -0.4 is 5.43 Å². The second-order valence-corrected chi connectivity index (χ2v) is 2.92. The van der Waals surface area contributed by atoms with Crippen LogP contribution in [0.2, 0.25) is 0 Å². The van der Waals surface area contributed by atoms with Gasteiger partial charge in [0, 0.05) is 38.0 Å². The molecule has 82 valence electrons. The van der Waals surface area contributed by atoms with Crippen molar-refractivity contribution in [3.05, 3.63) is 0 Å². The van der Waals surface area contributed by atoms with Crippen molar-refractivity contribution < 1.29 is 0 Å². The molecule has 0 spiro atoms. The predicted molar refractivity (Wildman–Crippen MR) is 61.9 cm³/mol. The Morgan fingerprint density at radius 1 is 0.933 bits per heavy atom. The van der Waals surface area contributed by atoms with E-state index in [-0.39, 0.29) is 0 Å². The highest BCUT2D eigenvalue weighted by molar-refractivity contribution is 5.82. The highest BCUT2D eigenvalue weighted by Crippen LogP contribution is 1.91. The quantitative estimate of drug-likeness (QED) is 0.639. The summed E-state index contributed by atoms with van der Waals surface area (Å²) in [4.78, 5) is 0. The third-order valence-corrected chi connectivity index (χ3v) is 1.62. The maximum absolute atomic E-state index is 3.71. The van der Waals surface area contributed by atoms with Crippen LogP contribution in [0.25, 0.3) is 0 Å². The number of hydrazone groups is 1. The Bertz CT molecular complexity index is 217. The molecule has 0 bridgehead atoms. The third kappa shape index (κ3) is 7.48. The maximum Gasteiger partial charge on any atom is 0.0617 e. The molecule has 0 radical (unpaired) electrons. The topological polar surface area (TPSA) is 73.8 Å². The maximum atomic E-state index is 3.71. The smallest absolute Gasteiger partial charge is 0.0617 e. The van der Waals surface area contributed by atoms with Crippen LogP contribution >= 0.6 is 0 Å². The van der Waals surface area contributed by atoms with E-state index in [1.807, 2.05) is 6.21 Å². The standard InChI is InChI=1S/2C3H6N2.C3H4N2/c3*1-2-4-5-3-1/h1-3H2;2,5H,1,3H2;2-3H,1H2. The second-order valence-electron chi connectivity index (χ2n) is 2.92. The van der Waals surface area contributed by atoms with E-state index < -0.39 is 0 Å². The highest BCUT2D eigenvalue weighted by Gasteiger charge is 1.87. The number of azo groups is 1. The molecule has 0 atom stereocenters. The SMILES string of the molecule is C1=NN=CC1.C1=NNCC1.C1CN=NC1. The third-order valence-electron chi connectivity index (χ3n) is 1.62. The molecule has 1 N–H and O–H groups in total. The fourth-order valence-electron chi connectivity index (χ4n) is 0.912. The molecule has 0 saturated heterocycles. The van der Waals surface area contributed by atoms with Crippen molar-refractivity contribution in [3.63, 3.8) is 0 Å². The fourth-order valence-corrected chi connectivity index (χ4v) is 0.912. The Morgan fingerprint density at radius 3 is 1.87 bits per heavy atom. The molecule has 0 aromatic rings. The second kappa shape index (κ2) is 8.98. The van der Waals surface area contributed by atoms with Crippen LogP contribution in [0.5, 0.6) is 0 Å². The van der Waals surface area contributed by atoms with Gasteiger partial charge in [-0.05, 0) is 6.42 Å². The molecule has 0 unspecified atom stereocenters. The van der Waals surface area contributed by atoms with Crippen molar-refractivity contribution in [3.8, 4) is 0 Å². The Labute approximate surface area is 89.3 Å². The average Bonchev–Trinajstić information content (AvgIpc) is 3.09. The van der Waals surface area contributed by atoms with Crippen molar-refractivity contribution >= 4 is 18.6 Å². The highest BCUT2D eigenvalue weighted by atomic mass is 15.3. The zero-order chi connectivity index (χ0) is 10.6. The number of nitrogens with one attached hydrogen (secondary N) is 1. The minimum Gasteiger partial charge on any atom is -0.310 e. The molecule has 0 fully saturated rings. The van der Waals surface area contributed by atoms with Gasteiger partial charge in [-0.15, -0.1) is 0 Å². The minimum absolute atomic E-state index is 0.917. The number of hydrogen-bond acceptors (Lipinski definition) is 6. The first-order valence-corrected chi connectivity index (χ1v) is 5.11. The number of rotatable bonds is 0. The monoisotopic (exact) mass is 208 g/mol. The average molecular weight is 208 g/mol.